The van der Waals surface area contributed by atoms with E-state index in [-0.39, 0.29) is 24.0 Å². The zero-order valence-corrected chi connectivity index (χ0v) is 16.7. The molecule has 0 atom stereocenters. The van der Waals surface area contributed by atoms with Crippen molar-refractivity contribution in [3.05, 3.63) is 65.6 Å². The van der Waals surface area contributed by atoms with Crippen molar-refractivity contribution in [2.24, 2.45) is 4.99 Å². The zero-order chi connectivity index (χ0) is 17.5. The van der Waals surface area contributed by atoms with Gasteiger partial charge >= 0.3 is 0 Å². The van der Waals surface area contributed by atoms with Crippen LogP contribution in [0.4, 0.5) is 0 Å². The minimum absolute atomic E-state index is 0. The van der Waals surface area contributed by atoms with Gasteiger partial charge in [-0.05, 0) is 36.8 Å². The van der Waals surface area contributed by atoms with E-state index in [0.29, 0.717) is 24.6 Å². The van der Waals surface area contributed by atoms with Crippen molar-refractivity contribution in [3.63, 3.8) is 0 Å². The Morgan fingerprint density at radius 1 is 1.15 bits per heavy atom. The van der Waals surface area contributed by atoms with E-state index < -0.39 is 0 Å². The first-order valence-electron chi connectivity index (χ1n) is 8.10. The lowest BCUT2D eigenvalue weighted by Gasteiger charge is -2.10. The first-order valence-corrected chi connectivity index (χ1v) is 8.10. The van der Waals surface area contributed by atoms with E-state index >= 15 is 0 Å². The number of guanidine groups is 1. The van der Waals surface area contributed by atoms with Crippen molar-refractivity contribution >= 4 is 35.6 Å². The van der Waals surface area contributed by atoms with Gasteiger partial charge in [-0.25, -0.2) is 4.99 Å². The Kier molecular flexibility index (Phi) is 7.35. The highest BCUT2D eigenvalue weighted by Gasteiger charge is 2.05. The first kappa shape index (κ1) is 19.7. The predicted octanol–water partition coefficient (Wildman–Crippen LogP) is 2.47. The Morgan fingerprint density at radius 2 is 1.96 bits per heavy atom. The van der Waals surface area contributed by atoms with Gasteiger partial charge in [0, 0.05) is 12.7 Å². The molecule has 0 aliphatic heterocycles. The molecule has 8 heteroatoms. The molecule has 0 aliphatic rings. The van der Waals surface area contributed by atoms with Crippen molar-refractivity contribution in [3.8, 4) is 6.07 Å². The molecule has 134 valence electrons. The Bertz CT molecular complexity index is 909. The first-order chi connectivity index (χ1) is 12.3. The number of halogens is 1. The minimum atomic E-state index is 0. The highest BCUT2D eigenvalue weighted by Crippen LogP contribution is 2.05. The summed E-state index contributed by atoms with van der Waals surface area (Å²) in [5.74, 6) is 1.53. The van der Waals surface area contributed by atoms with Crippen LogP contribution in [-0.2, 0) is 13.1 Å². The topological polar surface area (TPSA) is 90.4 Å². The summed E-state index contributed by atoms with van der Waals surface area (Å²) in [6, 6.07) is 15.3. The molecule has 2 N–H and O–H groups in total. The summed E-state index contributed by atoms with van der Waals surface area (Å²) in [5.41, 5.74) is 2.51. The molecule has 0 saturated heterocycles. The molecule has 0 amide bonds. The van der Waals surface area contributed by atoms with Crippen LogP contribution in [0, 0.1) is 11.3 Å². The lowest BCUT2D eigenvalue weighted by molar-refractivity contribution is 0.765. The fraction of sp³-hybridized carbons (Fsp3) is 0.222. The van der Waals surface area contributed by atoms with E-state index in [9.17, 15) is 0 Å². The number of nitrogens with zero attached hydrogens (tertiary/aromatic N) is 5. The van der Waals surface area contributed by atoms with E-state index in [1.165, 1.54) is 0 Å². The molecule has 26 heavy (non-hydrogen) atoms. The molecule has 0 bridgehead atoms. The molecule has 0 fully saturated rings. The summed E-state index contributed by atoms with van der Waals surface area (Å²) in [5, 5.41) is 23.7. The van der Waals surface area contributed by atoms with Gasteiger partial charge in [-0.2, -0.15) is 5.26 Å². The molecule has 3 rings (SSSR count). The van der Waals surface area contributed by atoms with Gasteiger partial charge in [-0.15, -0.1) is 34.2 Å². The van der Waals surface area contributed by atoms with Crippen molar-refractivity contribution < 1.29 is 0 Å². The smallest absolute Gasteiger partial charge is 0.191 e. The molecule has 1 aromatic carbocycles. The molecule has 0 spiro atoms. The number of pyridine rings is 1. The molecule has 0 aliphatic carbocycles. The van der Waals surface area contributed by atoms with Crippen LogP contribution in [0.25, 0.3) is 5.65 Å². The van der Waals surface area contributed by atoms with Gasteiger partial charge < -0.3 is 10.6 Å². The number of nitrogens with one attached hydrogen (secondary N) is 2. The summed E-state index contributed by atoms with van der Waals surface area (Å²) in [7, 11) is 0. The van der Waals surface area contributed by atoms with Crippen molar-refractivity contribution in [2.75, 3.05) is 6.54 Å². The zero-order valence-electron chi connectivity index (χ0n) is 14.4. The van der Waals surface area contributed by atoms with Gasteiger partial charge in [0.15, 0.2) is 17.4 Å². The Hall–Kier alpha value is -2.67. The molecule has 3 aromatic rings. The van der Waals surface area contributed by atoms with Gasteiger partial charge in [-0.3, -0.25) is 4.40 Å². The Labute approximate surface area is 169 Å². The van der Waals surface area contributed by atoms with Gasteiger partial charge in [0.2, 0.25) is 0 Å². The van der Waals surface area contributed by atoms with Crippen LogP contribution in [0.5, 0.6) is 0 Å². The van der Waals surface area contributed by atoms with Gasteiger partial charge in [0.25, 0.3) is 0 Å². The summed E-state index contributed by atoms with van der Waals surface area (Å²) < 4.78 is 1.94. The molecular formula is C18H20IN7. The summed E-state index contributed by atoms with van der Waals surface area (Å²) in [4.78, 5) is 4.57. The maximum Gasteiger partial charge on any atom is 0.191 e. The standard InChI is InChI=1S/C18H19N7.HI/c1-2-20-18(21-12-15-8-6-14(11-19)7-9-15)22-13-17-24-23-16-5-3-4-10-25(16)17;/h3-10H,2,12-13H2,1H3,(H2,20,21,22);1H. The minimum Gasteiger partial charge on any atom is -0.357 e. The van der Waals surface area contributed by atoms with E-state index in [2.05, 4.69) is 31.9 Å². The molecule has 0 radical (unpaired) electrons. The predicted molar refractivity (Wildman–Crippen MR) is 111 cm³/mol. The quantitative estimate of drug-likeness (QED) is 0.346. The van der Waals surface area contributed by atoms with Crippen LogP contribution in [0.15, 0.2) is 53.7 Å². The average molecular weight is 461 g/mol. The monoisotopic (exact) mass is 461 g/mol. The second-order valence-electron chi connectivity index (χ2n) is 5.40. The maximum atomic E-state index is 8.84. The summed E-state index contributed by atoms with van der Waals surface area (Å²) in [6.07, 6.45) is 1.94. The largest absolute Gasteiger partial charge is 0.357 e. The third-order valence-electron chi connectivity index (χ3n) is 3.65. The van der Waals surface area contributed by atoms with E-state index in [1.54, 1.807) is 12.1 Å². The summed E-state index contributed by atoms with van der Waals surface area (Å²) >= 11 is 0. The number of aliphatic imine (C=N–C) groups is 1. The van der Waals surface area contributed by atoms with Gasteiger partial charge in [0.1, 0.15) is 0 Å². The van der Waals surface area contributed by atoms with Crippen LogP contribution < -0.4 is 10.6 Å². The SMILES string of the molecule is CCNC(=NCc1ccc(C#N)cc1)NCc1nnc2ccccn12.I. The molecule has 7 nitrogen and oxygen atoms in total. The van der Waals surface area contributed by atoms with Crippen LogP contribution in [0.1, 0.15) is 23.9 Å². The fourth-order valence-electron chi connectivity index (χ4n) is 2.37. The number of nitriles is 1. The fourth-order valence-corrected chi connectivity index (χ4v) is 2.37. The average Bonchev–Trinajstić information content (AvgIpc) is 3.07. The molecule has 2 aromatic heterocycles. The van der Waals surface area contributed by atoms with E-state index in [4.69, 9.17) is 5.26 Å². The van der Waals surface area contributed by atoms with Crippen molar-refractivity contribution in [2.45, 2.75) is 20.0 Å². The number of fused-ring (bicyclic) bond motifs is 1. The molecule has 0 saturated carbocycles. The lowest BCUT2D eigenvalue weighted by Crippen LogP contribution is -2.37. The molecule has 2 heterocycles. The second kappa shape index (κ2) is 9.72. The van der Waals surface area contributed by atoms with Gasteiger partial charge in [0.05, 0.1) is 24.7 Å². The number of rotatable bonds is 5. The maximum absolute atomic E-state index is 8.84. The van der Waals surface area contributed by atoms with Crippen LogP contribution in [0.2, 0.25) is 0 Å². The van der Waals surface area contributed by atoms with Crippen molar-refractivity contribution in [1.82, 2.24) is 25.2 Å². The number of aromatic nitrogens is 3. The molecule has 0 unspecified atom stereocenters. The highest BCUT2D eigenvalue weighted by molar-refractivity contribution is 14.0. The number of hydrogen-bond donors (Lipinski definition) is 2. The van der Waals surface area contributed by atoms with Crippen LogP contribution in [0.3, 0.4) is 0 Å². The second-order valence-corrected chi connectivity index (χ2v) is 5.40. The van der Waals surface area contributed by atoms with Crippen LogP contribution >= 0.6 is 24.0 Å². The highest BCUT2D eigenvalue weighted by atomic mass is 127. The van der Waals surface area contributed by atoms with E-state index in [0.717, 1.165) is 23.6 Å². The normalized spacial score (nSPS) is 10.8. The van der Waals surface area contributed by atoms with Crippen LogP contribution in [-0.4, -0.2) is 27.1 Å². The van der Waals surface area contributed by atoms with E-state index in [1.807, 2.05) is 47.9 Å². The third-order valence-corrected chi connectivity index (χ3v) is 3.65. The lowest BCUT2D eigenvalue weighted by atomic mass is 10.1. The number of hydrogen-bond acceptors (Lipinski definition) is 4. The summed E-state index contributed by atoms with van der Waals surface area (Å²) in [6.45, 7) is 3.83. The molecular weight excluding hydrogens is 441 g/mol. The third kappa shape index (κ3) is 4.92. The number of benzene rings is 1. The van der Waals surface area contributed by atoms with Gasteiger partial charge in [-0.1, -0.05) is 18.2 Å². The van der Waals surface area contributed by atoms with Crippen molar-refractivity contribution in [1.29, 1.82) is 5.26 Å². The Morgan fingerprint density at radius 3 is 2.69 bits per heavy atom. The Balaban J connectivity index is 0.00000243.